The van der Waals surface area contributed by atoms with E-state index in [0.29, 0.717) is 0 Å². The van der Waals surface area contributed by atoms with Crippen molar-refractivity contribution in [3.8, 4) is 0 Å². The van der Waals surface area contributed by atoms with E-state index in [4.69, 9.17) is 0 Å². The number of aliphatic hydroxyl groups excluding tert-OH is 1. The van der Waals surface area contributed by atoms with Crippen LogP contribution < -0.4 is 0 Å². The predicted molar refractivity (Wildman–Crippen MR) is 120 cm³/mol. The molecule has 3 aromatic rings. The SMILES string of the molecule is O=C[C@](O)(C(=O)c1ccccc1)[C@@](O)(C(=O)c1ccccc1)[C@@](O)(CO)C(=O)c1ccccc1. The van der Waals surface area contributed by atoms with Crippen molar-refractivity contribution >= 4 is 23.6 Å². The van der Waals surface area contributed by atoms with E-state index in [1.54, 1.807) is 12.1 Å². The summed E-state index contributed by atoms with van der Waals surface area (Å²) in [4.78, 5) is 52.5. The highest BCUT2D eigenvalue weighted by Crippen LogP contribution is 2.39. The van der Waals surface area contributed by atoms with Gasteiger partial charge in [0.15, 0.2) is 17.7 Å². The molecule has 0 aliphatic rings. The van der Waals surface area contributed by atoms with E-state index in [0.717, 1.165) is 0 Å². The van der Waals surface area contributed by atoms with Crippen molar-refractivity contribution in [2.75, 3.05) is 6.61 Å². The smallest absolute Gasteiger partial charge is 0.222 e. The first-order chi connectivity index (χ1) is 16.2. The second-order valence-electron chi connectivity index (χ2n) is 7.70. The third-order valence-corrected chi connectivity index (χ3v) is 5.71. The molecule has 4 N–H and O–H groups in total. The second kappa shape index (κ2) is 9.58. The maximum Gasteiger partial charge on any atom is 0.222 e. The minimum atomic E-state index is -3.82. The molecule has 174 valence electrons. The Hall–Kier alpha value is -3.82. The number of aliphatic hydroxyl groups is 4. The summed E-state index contributed by atoms with van der Waals surface area (Å²) in [6, 6.07) is 20.3. The van der Waals surface area contributed by atoms with Gasteiger partial charge in [0.05, 0.1) is 6.61 Å². The van der Waals surface area contributed by atoms with Gasteiger partial charge in [0.1, 0.15) is 0 Å². The van der Waals surface area contributed by atoms with Crippen molar-refractivity contribution in [3.63, 3.8) is 0 Å². The molecule has 0 aliphatic heterocycles. The van der Waals surface area contributed by atoms with Crippen LogP contribution in [0.1, 0.15) is 31.1 Å². The van der Waals surface area contributed by atoms with Gasteiger partial charge < -0.3 is 20.4 Å². The molecule has 0 unspecified atom stereocenters. The van der Waals surface area contributed by atoms with Crippen molar-refractivity contribution in [1.82, 2.24) is 0 Å². The van der Waals surface area contributed by atoms with Crippen LogP contribution in [-0.4, -0.2) is 67.5 Å². The fraction of sp³-hybridized carbons (Fsp3) is 0.154. The first-order valence-electron chi connectivity index (χ1n) is 10.2. The lowest BCUT2D eigenvalue weighted by Gasteiger charge is -2.46. The summed E-state index contributed by atoms with van der Waals surface area (Å²) in [5.74, 6) is -4.36. The molecule has 0 fully saturated rings. The Labute approximate surface area is 194 Å². The van der Waals surface area contributed by atoms with Gasteiger partial charge >= 0.3 is 0 Å². The quantitative estimate of drug-likeness (QED) is 0.198. The fourth-order valence-corrected chi connectivity index (χ4v) is 3.77. The largest absolute Gasteiger partial charge is 0.393 e. The molecule has 0 radical (unpaired) electrons. The third-order valence-electron chi connectivity index (χ3n) is 5.71. The number of hydrogen-bond acceptors (Lipinski definition) is 8. The molecule has 3 rings (SSSR count). The van der Waals surface area contributed by atoms with Gasteiger partial charge in [-0.25, -0.2) is 0 Å². The number of carbonyl (C=O) groups is 4. The van der Waals surface area contributed by atoms with E-state index in [-0.39, 0.29) is 16.7 Å². The van der Waals surface area contributed by atoms with E-state index >= 15 is 0 Å². The van der Waals surface area contributed by atoms with Crippen molar-refractivity contribution < 1.29 is 39.6 Å². The van der Waals surface area contributed by atoms with Crippen molar-refractivity contribution in [3.05, 3.63) is 108 Å². The summed E-state index contributed by atoms with van der Waals surface area (Å²) in [5.41, 5.74) is -11.9. The molecule has 8 heteroatoms. The minimum Gasteiger partial charge on any atom is -0.393 e. The summed E-state index contributed by atoms with van der Waals surface area (Å²) < 4.78 is 0. The number of rotatable bonds is 10. The molecule has 3 aromatic carbocycles. The number of hydrogen-bond donors (Lipinski definition) is 4. The summed E-state index contributed by atoms with van der Waals surface area (Å²) in [6.45, 7) is -1.60. The highest BCUT2D eigenvalue weighted by molar-refractivity contribution is 6.22. The zero-order valence-corrected chi connectivity index (χ0v) is 17.9. The molecule has 0 spiro atoms. The topological polar surface area (TPSA) is 149 Å². The minimum absolute atomic E-state index is 0.251. The maximum absolute atomic E-state index is 13.6. The molecule has 0 heterocycles. The number of carbonyl (C=O) groups excluding carboxylic acids is 4. The van der Waals surface area contributed by atoms with E-state index in [2.05, 4.69) is 0 Å². The van der Waals surface area contributed by atoms with Crippen LogP contribution in [-0.2, 0) is 4.79 Å². The lowest BCUT2D eigenvalue weighted by Crippen LogP contribution is -2.78. The lowest BCUT2D eigenvalue weighted by atomic mass is 9.63. The van der Waals surface area contributed by atoms with Gasteiger partial charge in [-0.3, -0.25) is 19.2 Å². The molecular weight excluding hydrogens is 440 g/mol. The highest BCUT2D eigenvalue weighted by atomic mass is 16.4. The van der Waals surface area contributed by atoms with Crippen LogP contribution >= 0.6 is 0 Å². The Morgan fingerprint density at radius 2 is 0.971 bits per heavy atom. The Morgan fingerprint density at radius 1 is 0.618 bits per heavy atom. The highest BCUT2D eigenvalue weighted by Gasteiger charge is 2.72. The van der Waals surface area contributed by atoms with Crippen LogP contribution in [0.15, 0.2) is 91.0 Å². The average molecular weight is 462 g/mol. The van der Waals surface area contributed by atoms with Gasteiger partial charge in [-0.15, -0.1) is 0 Å². The van der Waals surface area contributed by atoms with Crippen LogP contribution in [0.3, 0.4) is 0 Å². The normalized spacial score (nSPS) is 16.4. The molecule has 0 saturated carbocycles. The molecule has 0 amide bonds. The van der Waals surface area contributed by atoms with Crippen LogP contribution in [0.4, 0.5) is 0 Å². The van der Waals surface area contributed by atoms with Gasteiger partial charge in [-0.05, 0) is 0 Å². The summed E-state index contributed by atoms with van der Waals surface area (Å²) in [6.07, 6.45) is -0.415. The average Bonchev–Trinajstić information content (AvgIpc) is 2.91. The third kappa shape index (κ3) is 3.78. The molecule has 0 aromatic heterocycles. The van der Waals surface area contributed by atoms with E-state index in [1.807, 2.05) is 0 Å². The van der Waals surface area contributed by atoms with Crippen LogP contribution in [0.5, 0.6) is 0 Å². The zero-order chi connectivity index (χ0) is 25.0. The molecule has 0 bridgehead atoms. The van der Waals surface area contributed by atoms with Crippen LogP contribution in [0.25, 0.3) is 0 Å². The number of Topliss-reactive ketones (excluding diaryl/α,β-unsaturated/α-hetero) is 3. The van der Waals surface area contributed by atoms with Gasteiger partial charge in [0.25, 0.3) is 0 Å². The first kappa shape index (κ1) is 24.8. The standard InChI is InChI=1S/C26H22O8/c27-16-24(32,21(29)18-10-4-1-5-11-18)26(34,23(31)20-14-8-3-9-15-20)25(33,17-28)22(30)19-12-6-2-7-13-19/h1-16,28,32-34H,17H2/t24-,25+,26-/m0/s1. The summed E-state index contributed by atoms with van der Waals surface area (Å²) in [5, 5.41) is 44.6. The molecule has 34 heavy (non-hydrogen) atoms. The van der Waals surface area contributed by atoms with Crippen LogP contribution in [0.2, 0.25) is 0 Å². The van der Waals surface area contributed by atoms with Crippen molar-refractivity contribution in [2.24, 2.45) is 0 Å². The van der Waals surface area contributed by atoms with Gasteiger partial charge in [-0.1, -0.05) is 91.0 Å². The van der Waals surface area contributed by atoms with Gasteiger partial charge in [0, 0.05) is 16.7 Å². The summed E-state index contributed by atoms with van der Waals surface area (Å²) >= 11 is 0. The second-order valence-corrected chi connectivity index (χ2v) is 7.70. The van der Waals surface area contributed by atoms with Gasteiger partial charge in [0.2, 0.25) is 22.8 Å². The monoisotopic (exact) mass is 462 g/mol. The number of benzene rings is 3. The molecule has 8 nitrogen and oxygen atoms in total. The van der Waals surface area contributed by atoms with E-state index in [1.165, 1.54) is 78.9 Å². The van der Waals surface area contributed by atoms with Crippen molar-refractivity contribution in [2.45, 2.75) is 16.8 Å². The van der Waals surface area contributed by atoms with E-state index in [9.17, 15) is 39.6 Å². The summed E-state index contributed by atoms with van der Waals surface area (Å²) in [7, 11) is 0. The molecule has 3 atom stereocenters. The fourth-order valence-electron chi connectivity index (χ4n) is 3.77. The Kier molecular flexibility index (Phi) is 6.99. The van der Waals surface area contributed by atoms with Crippen molar-refractivity contribution in [1.29, 1.82) is 0 Å². The Balaban J connectivity index is 2.33. The molecule has 0 saturated heterocycles. The number of aldehydes is 1. The Morgan fingerprint density at radius 3 is 1.32 bits per heavy atom. The molecule has 0 aliphatic carbocycles. The number of ketones is 3. The predicted octanol–water partition coefficient (Wildman–Crippen LogP) is 1.02. The van der Waals surface area contributed by atoms with Gasteiger partial charge in [-0.2, -0.15) is 0 Å². The lowest BCUT2D eigenvalue weighted by molar-refractivity contribution is -0.188. The molecular formula is C26H22O8. The van der Waals surface area contributed by atoms with E-state index < -0.39 is 47.0 Å². The Bertz CT molecular complexity index is 1200. The maximum atomic E-state index is 13.6. The first-order valence-corrected chi connectivity index (χ1v) is 10.2. The van der Waals surface area contributed by atoms with Crippen LogP contribution in [0, 0.1) is 0 Å². The zero-order valence-electron chi connectivity index (χ0n) is 17.9.